The highest BCUT2D eigenvalue weighted by molar-refractivity contribution is 9.10. The molecule has 1 fully saturated rings. The average molecular weight is 369 g/mol. The Kier molecular flexibility index (Phi) is 6.09. The minimum Gasteiger partial charge on any atom is -0.488 e. The molecule has 1 atom stereocenters. The van der Waals surface area contributed by atoms with Crippen molar-refractivity contribution in [2.24, 2.45) is 0 Å². The van der Waals surface area contributed by atoms with Crippen LogP contribution >= 0.6 is 28.3 Å². The van der Waals surface area contributed by atoms with E-state index in [1.54, 1.807) is 0 Å². The van der Waals surface area contributed by atoms with E-state index in [0.29, 0.717) is 0 Å². The second kappa shape index (κ2) is 7.83. The van der Waals surface area contributed by atoms with Gasteiger partial charge in [0.05, 0.1) is 0 Å². The second-order valence-electron chi connectivity index (χ2n) is 5.09. The van der Waals surface area contributed by atoms with E-state index in [0.717, 1.165) is 35.3 Å². The molecule has 0 aliphatic carbocycles. The highest BCUT2D eigenvalue weighted by atomic mass is 79.9. The Balaban J connectivity index is 0.00000161. The highest BCUT2D eigenvalue weighted by Crippen LogP contribution is 2.33. The predicted octanol–water partition coefficient (Wildman–Crippen LogP) is 4.67. The molecule has 21 heavy (non-hydrogen) atoms. The molecule has 2 aromatic carbocycles. The highest BCUT2D eigenvalue weighted by Gasteiger charge is 2.16. The number of benzene rings is 2. The standard InChI is InChI=1S/C17H18BrNO.ClH/c18-14-8-9-17(20-15-7-4-10-19-12-15)16(11-14)13-5-2-1-3-6-13;/h1-3,5-6,8-9,11,15,19H,4,7,10,12H2;1H. The first-order valence-corrected chi connectivity index (χ1v) is 7.84. The maximum Gasteiger partial charge on any atom is 0.127 e. The van der Waals surface area contributed by atoms with Crippen LogP contribution in [0.15, 0.2) is 53.0 Å². The van der Waals surface area contributed by atoms with E-state index in [-0.39, 0.29) is 18.5 Å². The lowest BCUT2D eigenvalue weighted by atomic mass is 10.0. The molecule has 1 aliphatic heterocycles. The lowest BCUT2D eigenvalue weighted by Crippen LogP contribution is -2.37. The monoisotopic (exact) mass is 367 g/mol. The minimum atomic E-state index is 0. The maximum absolute atomic E-state index is 6.21. The van der Waals surface area contributed by atoms with Crippen LogP contribution in [-0.4, -0.2) is 19.2 Å². The van der Waals surface area contributed by atoms with Gasteiger partial charge in [-0.05, 0) is 43.1 Å². The normalized spacial score (nSPS) is 17.9. The van der Waals surface area contributed by atoms with Gasteiger partial charge in [-0.1, -0.05) is 46.3 Å². The van der Waals surface area contributed by atoms with Gasteiger partial charge in [-0.3, -0.25) is 0 Å². The molecule has 1 aliphatic rings. The molecule has 0 aromatic heterocycles. The number of ether oxygens (including phenoxy) is 1. The van der Waals surface area contributed by atoms with Gasteiger partial charge >= 0.3 is 0 Å². The topological polar surface area (TPSA) is 21.3 Å². The summed E-state index contributed by atoms with van der Waals surface area (Å²) in [5, 5.41) is 3.39. The SMILES string of the molecule is Brc1ccc(OC2CCCNC2)c(-c2ccccc2)c1.Cl. The van der Waals surface area contributed by atoms with Gasteiger partial charge in [0.1, 0.15) is 11.9 Å². The van der Waals surface area contributed by atoms with Crippen molar-refractivity contribution in [2.75, 3.05) is 13.1 Å². The molecule has 0 bridgehead atoms. The lowest BCUT2D eigenvalue weighted by molar-refractivity contribution is 0.168. The van der Waals surface area contributed by atoms with E-state index >= 15 is 0 Å². The lowest BCUT2D eigenvalue weighted by Gasteiger charge is -2.25. The van der Waals surface area contributed by atoms with Gasteiger partial charge in [0.25, 0.3) is 0 Å². The average Bonchev–Trinajstić information content (AvgIpc) is 2.51. The predicted molar refractivity (Wildman–Crippen MR) is 93.3 cm³/mol. The summed E-state index contributed by atoms with van der Waals surface area (Å²) < 4.78 is 7.29. The molecule has 2 aromatic rings. The first-order chi connectivity index (χ1) is 9.83. The van der Waals surface area contributed by atoms with Crippen LogP contribution in [0, 0.1) is 0 Å². The van der Waals surface area contributed by atoms with E-state index in [1.807, 2.05) is 12.1 Å². The third-order valence-electron chi connectivity index (χ3n) is 3.57. The smallest absolute Gasteiger partial charge is 0.127 e. The first kappa shape index (κ1) is 16.3. The van der Waals surface area contributed by atoms with Gasteiger partial charge in [0.15, 0.2) is 0 Å². The fourth-order valence-corrected chi connectivity index (χ4v) is 2.91. The number of rotatable bonds is 3. The quantitative estimate of drug-likeness (QED) is 0.850. The molecular weight excluding hydrogens is 350 g/mol. The Labute approximate surface area is 140 Å². The summed E-state index contributed by atoms with van der Waals surface area (Å²) in [6, 6.07) is 16.6. The molecule has 112 valence electrons. The summed E-state index contributed by atoms with van der Waals surface area (Å²) >= 11 is 3.55. The number of piperidine rings is 1. The van der Waals surface area contributed by atoms with Crippen molar-refractivity contribution in [3.63, 3.8) is 0 Å². The Morgan fingerprint density at radius 1 is 1.10 bits per heavy atom. The Hall–Kier alpha value is -1.03. The van der Waals surface area contributed by atoms with Gasteiger partial charge in [0.2, 0.25) is 0 Å². The zero-order chi connectivity index (χ0) is 13.8. The molecule has 1 unspecified atom stereocenters. The maximum atomic E-state index is 6.21. The van der Waals surface area contributed by atoms with Gasteiger partial charge < -0.3 is 10.1 Å². The van der Waals surface area contributed by atoms with Crippen molar-refractivity contribution >= 4 is 28.3 Å². The van der Waals surface area contributed by atoms with Crippen LogP contribution in [0.4, 0.5) is 0 Å². The molecule has 1 saturated heterocycles. The Morgan fingerprint density at radius 2 is 1.90 bits per heavy atom. The molecule has 2 nitrogen and oxygen atoms in total. The van der Waals surface area contributed by atoms with E-state index in [1.165, 1.54) is 12.0 Å². The summed E-state index contributed by atoms with van der Waals surface area (Å²) in [4.78, 5) is 0. The zero-order valence-electron chi connectivity index (χ0n) is 11.7. The van der Waals surface area contributed by atoms with Crippen LogP contribution < -0.4 is 10.1 Å². The Morgan fingerprint density at radius 3 is 2.62 bits per heavy atom. The number of nitrogens with one attached hydrogen (secondary N) is 1. The van der Waals surface area contributed by atoms with Crippen molar-refractivity contribution in [1.82, 2.24) is 5.32 Å². The summed E-state index contributed by atoms with van der Waals surface area (Å²) in [7, 11) is 0. The van der Waals surface area contributed by atoms with E-state index in [2.05, 4.69) is 57.6 Å². The van der Waals surface area contributed by atoms with E-state index in [9.17, 15) is 0 Å². The first-order valence-electron chi connectivity index (χ1n) is 7.05. The molecule has 0 radical (unpaired) electrons. The van der Waals surface area contributed by atoms with Crippen molar-refractivity contribution in [1.29, 1.82) is 0 Å². The van der Waals surface area contributed by atoms with Crippen molar-refractivity contribution in [3.05, 3.63) is 53.0 Å². The molecule has 0 spiro atoms. The van der Waals surface area contributed by atoms with Crippen LogP contribution in [0.3, 0.4) is 0 Å². The summed E-state index contributed by atoms with van der Waals surface area (Å²) in [6.07, 6.45) is 2.58. The third kappa shape index (κ3) is 4.22. The molecule has 0 saturated carbocycles. The number of halogens is 2. The van der Waals surface area contributed by atoms with Crippen molar-refractivity contribution < 1.29 is 4.74 Å². The molecule has 4 heteroatoms. The van der Waals surface area contributed by atoms with Crippen LogP contribution in [0.25, 0.3) is 11.1 Å². The molecule has 1 heterocycles. The van der Waals surface area contributed by atoms with Gasteiger partial charge in [-0.2, -0.15) is 0 Å². The summed E-state index contributed by atoms with van der Waals surface area (Å²) in [5.41, 5.74) is 2.33. The number of hydrogen-bond donors (Lipinski definition) is 1. The summed E-state index contributed by atoms with van der Waals surface area (Å²) in [6.45, 7) is 2.04. The summed E-state index contributed by atoms with van der Waals surface area (Å²) in [5.74, 6) is 0.966. The van der Waals surface area contributed by atoms with Crippen LogP contribution in [0.5, 0.6) is 5.75 Å². The second-order valence-corrected chi connectivity index (χ2v) is 6.01. The molecule has 1 N–H and O–H groups in total. The van der Waals surface area contributed by atoms with Crippen molar-refractivity contribution in [3.8, 4) is 16.9 Å². The van der Waals surface area contributed by atoms with Crippen molar-refractivity contribution in [2.45, 2.75) is 18.9 Å². The molecule has 0 amide bonds. The van der Waals surface area contributed by atoms with Crippen LogP contribution in [0.1, 0.15) is 12.8 Å². The van der Waals surface area contributed by atoms with E-state index < -0.39 is 0 Å². The number of hydrogen-bond acceptors (Lipinski definition) is 2. The van der Waals surface area contributed by atoms with Crippen LogP contribution in [0.2, 0.25) is 0 Å². The fraction of sp³-hybridized carbons (Fsp3) is 0.294. The molecular formula is C17H19BrClNO. The Bertz CT molecular complexity index is 570. The minimum absolute atomic E-state index is 0. The zero-order valence-corrected chi connectivity index (χ0v) is 14.1. The fourth-order valence-electron chi connectivity index (χ4n) is 2.55. The van der Waals surface area contributed by atoms with Gasteiger partial charge in [-0.25, -0.2) is 0 Å². The van der Waals surface area contributed by atoms with Gasteiger partial charge in [-0.15, -0.1) is 12.4 Å². The largest absolute Gasteiger partial charge is 0.488 e. The van der Waals surface area contributed by atoms with Crippen LogP contribution in [-0.2, 0) is 0 Å². The van der Waals surface area contributed by atoms with E-state index in [4.69, 9.17) is 4.74 Å². The third-order valence-corrected chi connectivity index (χ3v) is 4.06. The van der Waals surface area contributed by atoms with Gasteiger partial charge in [0, 0.05) is 16.6 Å². The molecule has 3 rings (SSSR count).